The minimum atomic E-state index is -0.259. The van der Waals surface area contributed by atoms with E-state index in [0.29, 0.717) is 17.0 Å². The highest BCUT2D eigenvalue weighted by Crippen LogP contribution is 2.30. The number of hydrogen-bond donors (Lipinski definition) is 3. The number of nitrogens with one attached hydrogen (secondary N) is 2. The molecule has 1 fully saturated rings. The highest BCUT2D eigenvalue weighted by molar-refractivity contribution is 5.97. The second-order valence-corrected chi connectivity index (χ2v) is 7.45. The Hall–Kier alpha value is -2.08. The van der Waals surface area contributed by atoms with E-state index >= 15 is 0 Å². The monoisotopic (exact) mass is 345 g/mol. The highest BCUT2D eigenvalue weighted by atomic mass is 16.3. The van der Waals surface area contributed by atoms with Crippen LogP contribution in [0, 0.1) is 5.92 Å². The molecule has 1 saturated carbocycles. The van der Waals surface area contributed by atoms with Gasteiger partial charge in [-0.3, -0.25) is 9.36 Å². The van der Waals surface area contributed by atoms with E-state index in [1.807, 2.05) is 10.6 Å². The molecule has 136 valence electrons. The van der Waals surface area contributed by atoms with Gasteiger partial charge in [-0.25, -0.2) is 4.79 Å². The summed E-state index contributed by atoms with van der Waals surface area (Å²) in [5.41, 5.74) is 1.94. The molecule has 0 spiro atoms. The average Bonchev–Trinajstić information content (AvgIpc) is 3.19. The van der Waals surface area contributed by atoms with Gasteiger partial charge in [-0.05, 0) is 43.4 Å². The number of fused-ring (bicyclic) bond motifs is 1. The molecular weight excluding hydrogens is 318 g/mol. The molecule has 3 N–H and O–H groups in total. The van der Waals surface area contributed by atoms with Crippen molar-refractivity contribution in [3.8, 4) is 0 Å². The van der Waals surface area contributed by atoms with Crippen molar-refractivity contribution in [2.24, 2.45) is 5.92 Å². The summed E-state index contributed by atoms with van der Waals surface area (Å²) in [4.78, 5) is 27.7. The molecule has 0 saturated heterocycles. The molecule has 1 unspecified atom stereocenters. The van der Waals surface area contributed by atoms with Crippen molar-refractivity contribution >= 4 is 16.9 Å². The Bertz CT molecular complexity index is 800. The highest BCUT2D eigenvalue weighted by Gasteiger charge is 2.22. The van der Waals surface area contributed by atoms with Crippen LogP contribution in [0.4, 0.5) is 0 Å². The van der Waals surface area contributed by atoms with Gasteiger partial charge in [-0.2, -0.15) is 0 Å². The maximum atomic E-state index is 12.5. The summed E-state index contributed by atoms with van der Waals surface area (Å²) < 4.78 is 1.83. The van der Waals surface area contributed by atoms with Gasteiger partial charge in [-0.1, -0.05) is 26.7 Å². The first-order chi connectivity index (χ1) is 12.0. The lowest BCUT2D eigenvalue weighted by Crippen LogP contribution is -2.38. The van der Waals surface area contributed by atoms with Gasteiger partial charge in [0, 0.05) is 11.6 Å². The molecule has 3 rings (SSSR count). The van der Waals surface area contributed by atoms with Crippen LogP contribution in [0.3, 0.4) is 0 Å². The fourth-order valence-corrected chi connectivity index (χ4v) is 3.81. The molecule has 0 radical (unpaired) electrons. The molecule has 1 amide bonds. The fourth-order valence-electron chi connectivity index (χ4n) is 3.81. The minimum Gasteiger partial charge on any atom is -0.394 e. The van der Waals surface area contributed by atoms with E-state index in [4.69, 9.17) is 0 Å². The Morgan fingerprint density at radius 2 is 2.08 bits per heavy atom. The van der Waals surface area contributed by atoms with E-state index in [0.717, 1.165) is 37.6 Å². The summed E-state index contributed by atoms with van der Waals surface area (Å²) in [5, 5.41) is 12.3. The standard InChI is InChI=1S/C19H27N3O3/c1-12(2)9-14(11-23)20-18(24)13-7-8-17-16(10-13)21-19(25)22(17)15-5-3-4-6-15/h7-8,10,12,14-15,23H,3-6,9,11H2,1-2H3,(H,20,24)(H,21,25). The van der Waals surface area contributed by atoms with E-state index in [-0.39, 0.29) is 30.3 Å². The molecular formula is C19H27N3O3. The fraction of sp³-hybridized carbons (Fsp3) is 0.579. The maximum absolute atomic E-state index is 12.5. The Morgan fingerprint density at radius 1 is 1.36 bits per heavy atom. The third kappa shape index (κ3) is 3.79. The predicted octanol–water partition coefficient (Wildman–Crippen LogP) is 2.58. The largest absolute Gasteiger partial charge is 0.394 e. The van der Waals surface area contributed by atoms with E-state index in [9.17, 15) is 14.7 Å². The second-order valence-electron chi connectivity index (χ2n) is 7.45. The van der Waals surface area contributed by atoms with Crippen LogP contribution in [0.2, 0.25) is 0 Å². The lowest BCUT2D eigenvalue weighted by atomic mass is 10.0. The summed E-state index contributed by atoms with van der Waals surface area (Å²) in [6.45, 7) is 4.02. The van der Waals surface area contributed by atoms with Crippen LogP contribution in [0.1, 0.15) is 62.4 Å². The molecule has 0 aliphatic heterocycles. The van der Waals surface area contributed by atoms with Crippen molar-refractivity contribution in [3.63, 3.8) is 0 Å². The number of carbonyl (C=O) groups is 1. The number of aliphatic hydroxyl groups excluding tert-OH is 1. The Morgan fingerprint density at radius 3 is 2.72 bits per heavy atom. The number of aromatic amines is 1. The van der Waals surface area contributed by atoms with Gasteiger partial charge in [0.2, 0.25) is 0 Å². The van der Waals surface area contributed by atoms with Gasteiger partial charge in [0.1, 0.15) is 0 Å². The Labute approximate surface area is 147 Å². The molecule has 1 aliphatic carbocycles. The van der Waals surface area contributed by atoms with Crippen molar-refractivity contribution in [1.29, 1.82) is 0 Å². The third-order valence-corrected chi connectivity index (χ3v) is 4.98. The second kappa shape index (κ2) is 7.44. The topological polar surface area (TPSA) is 87.1 Å². The maximum Gasteiger partial charge on any atom is 0.326 e. The van der Waals surface area contributed by atoms with Crippen LogP contribution in [0.15, 0.2) is 23.0 Å². The number of H-pyrrole nitrogens is 1. The number of benzene rings is 1. The van der Waals surface area contributed by atoms with Gasteiger partial charge in [0.05, 0.1) is 23.7 Å². The van der Waals surface area contributed by atoms with Gasteiger partial charge < -0.3 is 15.4 Å². The number of rotatable bonds is 6. The van der Waals surface area contributed by atoms with Gasteiger partial charge in [0.15, 0.2) is 0 Å². The van der Waals surface area contributed by atoms with Crippen molar-refractivity contribution in [3.05, 3.63) is 34.2 Å². The van der Waals surface area contributed by atoms with Crippen LogP contribution < -0.4 is 11.0 Å². The van der Waals surface area contributed by atoms with E-state index < -0.39 is 0 Å². The Kier molecular flexibility index (Phi) is 5.27. The average molecular weight is 345 g/mol. The molecule has 1 atom stereocenters. The van der Waals surface area contributed by atoms with Crippen molar-refractivity contribution in [2.75, 3.05) is 6.61 Å². The number of imidazole rings is 1. The number of amides is 1. The number of hydrogen-bond acceptors (Lipinski definition) is 3. The van der Waals surface area contributed by atoms with Gasteiger partial charge >= 0.3 is 5.69 Å². The van der Waals surface area contributed by atoms with Crippen LogP contribution in [-0.2, 0) is 0 Å². The number of carbonyl (C=O) groups excluding carboxylic acids is 1. The molecule has 1 aromatic carbocycles. The normalized spacial score (nSPS) is 16.6. The first kappa shape index (κ1) is 17.7. The predicted molar refractivity (Wildman–Crippen MR) is 97.9 cm³/mol. The number of nitrogens with zero attached hydrogens (tertiary/aromatic N) is 1. The zero-order valence-electron chi connectivity index (χ0n) is 14.9. The molecule has 1 aliphatic rings. The lowest BCUT2D eigenvalue weighted by Gasteiger charge is -2.18. The van der Waals surface area contributed by atoms with Crippen molar-refractivity contribution < 1.29 is 9.90 Å². The summed E-state index contributed by atoms with van der Waals surface area (Å²) in [6.07, 6.45) is 5.09. The molecule has 6 heteroatoms. The first-order valence-corrected chi connectivity index (χ1v) is 9.15. The summed E-state index contributed by atoms with van der Waals surface area (Å²) >= 11 is 0. The van der Waals surface area contributed by atoms with Crippen LogP contribution in [0.25, 0.3) is 11.0 Å². The van der Waals surface area contributed by atoms with E-state index in [2.05, 4.69) is 24.1 Å². The zero-order valence-corrected chi connectivity index (χ0v) is 14.9. The van der Waals surface area contributed by atoms with Gasteiger partial charge in [0.25, 0.3) is 5.91 Å². The molecule has 1 heterocycles. The SMILES string of the molecule is CC(C)CC(CO)NC(=O)c1ccc2c(c1)[nH]c(=O)n2C1CCCC1. The van der Waals surface area contributed by atoms with Crippen LogP contribution >= 0.6 is 0 Å². The number of aliphatic hydroxyl groups is 1. The quantitative estimate of drug-likeness (QED) is 0.752. The third-order valence-electron chi connectivity index (χ3n) is 4.98. The van der Waals surface area contributed by atoms with Gasteiger partial charge in [-0.15, -0.1) is 0 Å². The van der Waals surface area contributed by atoms with E-state index in [1.165, 1.54) is 0 Å². The minimum absolute atomic E-state index is 0.0823. The van der Waals surface area contributed by atoms with Crippen molar-refractivity contribution in [2.45, 2.75) is 58.0 Å². The molecule has 2 aromatic rings. The smallest absolute Gasteiger partial charge is 0.326 e. The molecule has 6 nitrogen and oxygen atoms in total. The zero-order chi connectivity index (χ0) is 18.0. The van der Waals surface area contributed by atoms with Crippen molar-refractivity contribution in [1.82, 2.24) is 14.9 Å². The lowest BCUT2D eigenvalue weighted by molar-refractivity contribution is 0.0908. The van der Waals surface area contributed by atoms with Crippen LogP contribution in [0.5, 0.6) is 0 Å². The Balaban J connectivity index is 1.84. The summed E-state index contributed by atoms with van der Waals surface area (Å²) in [6, 6.07) is 5.31. The first-order valence-electron chi connectivity index (χ1n) is 9.15. The number of aromatic nitrogens is 2. The molecule has 0 bridgehead atoms. The summed E-state index contributed by atoms with van der Waals surface area (Å²) in [5.74, 6) is 0.160. The molecule has 25 heavy (non-hydrogen) atoms. The summed E-state index contributed by atoms with van der Waals surface area (Å²) in [7, 11) is 0. The van der Waals surface area contributed by atoms with E-state index in [1.54, 1.807) is 12.1 Å². The molecule has 1 aromatic heterocycles. The van der Waals surface area contributed by atoms with Crippen LogP contribution in [-0.4, -0.2) is 33.2 Å².